The van der Waals surface area contributed by atoms with Crippen molar-refractivity contribution < 1.29 is 27.2 Å². The summed E-state index contributed by atoms with van der Waals surface area (Å²) in [7, 11) is -7.40. The molecular formula is C10H23BrO6P2. The normalized spacial score (nSPS) is 13.8. The van der Waals surface area contributed by atoms with E-state index in [0.717, 1.165) is 0 Å². The minimum absolute atomic E-state index is 0.163. The number of rotatable bonds is 10. The molecule has 0 spiro atoms. The summed E-state index contributed by atoms with van der Waals surface area (Å²) >= 11 is 3.21. The third-order valence-electron chi connectivity index (χ3n) is 2.20. The standard InChI is InChI=1S/C10H23BrO6P2/c1-6-14-18(12,15-7-2)10(5,11)19(13,16-8-3)17-9-4/h6-9H2,1-5H3. The average Bonchev–Trinajstić information content (AvgIpc) is 2.29. The van der Waals surface area contributed by atoms with Gasteiger partial charge in [0, 0.05) is 0 Å². The second kappa shape index (κ2) is 8.28. The molecule has 0 heterocycles. The summed E-state index contributed by atoms with van der Waals surface area (Å²) in [6.07, 6.45) is 0. The lowest BCUT2D eigenvalue weighted by molar-refractivity contribution is 0.194. The van der Waals surface area contributed by atoms with Gasteiger partial charge in [0.15, 0.2) is 0 Å². The van der Waals surface area contributed by atoms with Crippen molar-refractivity contribution in [3.8, 4) is 0 Å². The fourth-order valence-corrected chi connectivity index (χ4v) is 6.95. The lowest BCUT2D eigenvalue weighted by atomic mass is 10.9. The van der Waals surface area contributed by atoms with E-state index < -0.39 is 19.0 Å². The fraction of sp³-hybridized carbons (Fsp3) is 1.00. The Kier molecular flexibility index (Phi) is 8.62. The van der Waals surface area contributed by atoms with Gasteiger partial charge < -0.3 is 18.1 Å². The molecule has 0 atom stereocenters. The van der Waals surface area contributed by atoms with E-state index in [9.17, 15) is 9.13 Å². The molecule has 0 saturated heterocycles. The van der Waals surface area contributed by atoms with Crippen molar-refractivity contribution in [3.63, 3.8) is 0 Å². The van der Waals surface area contributed by atoms with Crippen LogP contribution in [0, 0.1) is 0 Å². The Balaban J connectivity index is 5.59. The molecule has 0 amide bonds. The molecule has 0 radical (unpaired) electrons. The monoisotopic (exact) mass is 380 g/mol. The van der Waals surface area contributed by atoms with Gasteiger partial charge in [0.25, 0.3) is 0 Å². The minimum atomic E-state index is -3.70. The molecule has 0 bridgehead atoms. The third-order valence-corrected chi connectivity index (χ3v) is 10.7. The first-order valence-electron chi connectivity index (χ1n) is 6.21. The fourth-order valence-electron chi connectivity index (χ4n) is 1.38. The summed E-state index contributed by atoms with van der Waals surface area (Å²) in [6, 6.07) is 0. The average molecular weight is 381 g/mol. The molecule has 0 aliphatic heterocycles. The van der Waals surface area contributed by atoms with Crippen molar-refractivity contribution in [2.75, 3.05) is 26.4 Å². The van der Waals surface area contributed by atoms with Gasteiger partial charge in [0.1, 0.15) is 0 Å². The lowest BCUT2D eigenvalue weighted by Crippen LogP contribution is -2.23. The zero-order valence-corrected chi connectivity index (χ0v) is 15.4. The molecule has 6 nitrogen and oxygen atoms in total. The number of hydrogen-bond acceptors (Lipinski definition) is 6. The highest BCUT2D eigenvalue weighted by molar-refractivity contribution is 9.12. The maximum absolute atomic E-state index is 12.8. The van der Waals surface area contributed by atoms with Crippen LogP contribution in [0.25, 0.3) is 0 Å². The van der Waals surface area contributed by atoms with Crippen LogP contribution < -0.4 is 0 Å². The van der Waals surface area contributed by atoms with E-state index >= 15 is 0 Å². The van der Waals surface area contributed by atoms with Gasteiger partial charge in [-0.05, 0) is 34.6 Å². The summed E-state index contributed by atoms with van der Waals surface area (Å²) < 4.78 is 45.0. The van der Waals surface area contributed by atoms with Gasteiger partial charge in [-0.25, -0.2) is 0 Å². The summed E-state index contributed by atoms with van der Waals surface area (Å²) in [6.45, 7) is 8.83. The van der Waals surface area contributed by atoms with Crippen LogP contribution in [0.3, 0.4) is 0 Å². The second-order valence-electron chi connectivity index (χ2n) is 3.57. The van der Waals surface area contributed by atoms with Gasteiger partial charge in [0.2, 0.25) is 3.81 Å². The zero-order valence-electron chi connectivity index (χ0n) is 12.1. The Morgan fingerprint density at radius 1 is 0.789 bits per heavy atom. The van der Waals surface area contributed by atoms with Crippen molar-refractivity contribution in [2.45, 2.75) is 38.4 Å². The van der Waals surface area contributed by atoms with E-state index in [0.29, 0.717) is 0 Å². The molecule has 0 aromatic heterocycles. The van der Waals surface area contributed by atoms with Gasteiger partial charge in [-0.3, -0.25) is 9.13 Å². The Morgan fingerprint density at radius 3 is 1.16 bits per heavy atom. The summed E-state index contributed by atoms with van der Waals surface area (Å²) in [4.78, 5) is 0. The first kappa shape index (κ1) is 19.8. The number of hydrogen-bond donors (Lipinski definition) is 0. The quantitative estimate of drug-likeness (QED) is 0.407. The molecule has 0 aromatic carbocycles. The van der Waals surface area contributed by atoms with E-state index in [-0.39, 0.29) is 26.4 Å². The molecule has 0 rings (SSSR count). The molecule has 0 aliphatic rings. The Bertz CT molecular complexity index is 308. The summed E-state index contributed by atoms with van der Waals surface area (Å²) in [5.41, 5.74) is 0. The SMILES string of the molecule is CCOP(=O)(OCC)C(C)(Br)P(=O)(OCC)OCC. The van der Waals surface area contributed by atoms with E-state index in [1.807, 2.05) is 0 Å². The van der Waals surface area contributed by atoms with Crippen LogP contribution in [0.4, 0.5) is 0 Å². The molecular weight excluding hydrogens is 358 g/mol. The number of halogens is 1. The maximum atomic E-state index is 12.8. The van der Waals surface area contributed by atoms with Gasteiger partial charge >= 0.3 is 15.2 Å². The highest BCUT2D eigenvalue weighted by Gasteiger charge is 2.60. The molecule has 116 valence electrons. The highest BCUT2D eigenvalue weighted by Crippen LogP contribution is 2.80. The van der Waals surface area contributed by atoms with Gasteiger partial charge in [-0.2, -0.15) is 0 Å². The van der Waals surface area contributed by atoms with Crippen LogP contribution >= 0.6 is 31.1 Å². The van der Waals surface area contributed by atoms with Crippen LogP contribution in [-0.4, -0.2) is 30.2 Å². The molecule has 0 fully saturated rings. The van der Waals surface area contributed by atoms with Crippen LogP contribution in [0.2, 0.25) is 0 Å². The van der Waals surface area contributed by atoms with Gasteiger partial charge in [-0.1, -0.05) is 15.9 Å². The van der Waals surface area contributed by atoms with Gasteiger partial charge in [-0.15, -0.1) is 0 Å². The zero-order chi connectivity index (χ0) is 15.2. The molecule has 0 N–H and O–H groups in total. The van der Waals surface area contributed by atoms with E-state index in [1.165, 1.54) is 6.92 Å². The topological polar surface area (TPSA) is 71.1 Å². The van der Waals surface area contributed by atoms with Crippen LogP contribution in [0.5, 0.6) is 0 Å². The number of alkyl halides is 1. The van der Waals surface area contributed by atoms with Gasteiger partial charge in [0.05, 0.1) is 26.4 Å². The second-order valence-corrected chi connectivity index (χ2v) is 11.5. The predicted octanol–water partition coefficient (Wildman–Crippen LogP) is 4.59. The molecule has 0 unspecified atom stereocenters. The minimum Gasteiger partial charge on any atom is -0.307 e. The third kappa shape index (κ3) is 4.37. The first-order chi connectivity index (χ1) is 8.74. The van der Waals surface area contributed by atoms with E-state index in [4.69, 9.17) is 18.1 Å². The van der Waals surface area contributed by atoms with Crippen LogP contribution in [-0.2, 0) is 27.2 Å². The summed E-state index contributed by atoms with van der Waals surface area (Å²) in [5, 5.41) is 0. The predicted molar refractivity (Wildman–Crippen MR) is 79.0 cm³/mol. The Morgan fingerprint density at radius 2 is 1.00 bits per heavy atom. The smallest absolute Gasteiger partial charge is 0.307 e. The Hall–Kier alpha value is 0.780. The molecule has 0 aromatic rings. The molecule has 0 aliphatic carbocycles. The largest absolute Gasteiger partial charge is 0.359 e. The molecule has 9 heteroatoms. The Labute approximate surface area is 123 Å². The molecule has 0 saturated carbocycles. The van der Waals surface area contributed by atoms with Crippen LogP contribution in [0.15, 0.2) is 0 Å². The van der Waals surface area contributed by atoms with E-state index in [2.05, 4.69) is 15.9 Å². The van der Waals surface area contributed by atoms with Crippen molar-refractivity contribution in [2.24, 2.45) is 0 Å². The lowest BCUT2D eigenvalue weighted by Gasteiger charge is -2.35. The van der Waals surface area contributed by atoms with Crippen molar-refractivity contribution in [3.05, 3.63) is 0 Å². The van der Waals surface area contributed by atoms with E-state index in [1.54, 1.807) is 27.7 Å². The van der Waals surface area contributed by atoms with Crippen molar-refractivity contribution in [1.29, 1.82) is 0 Å². The highest BCUT2D eigenvalue weighted by atomic mass is 79.9. The summed E-state index contributed by atoms with van der Waals surface area (Å²) in [5.74, 6) is 0. The maximum Gasteiger partial charge on any atom is 0.359 e. The van der Waals surface area contributed by atoms with Crippen molar-refractivity contribution >= 4 is 31.1 Å². The molecule has 19 heavy (non-hydrogen) atoms. The first-order valence-corrected chi connectivity index (χ1v) is 10.1. The van der Waals surface area contributed by atoms with Crippen LogP contribution in [0.1, 0.15) is 34.6 Å². The van der Waals surface area contributed by atoms with Crippen molar-refractivity contribution in [1.82, 2.24) is 0 Å².